The van der Waals surface area contributed by atoms with Gasteiger partial charge < -0.3 is 5.11 Å². The van der Waals surface area contributed by atoms with E-state index in [4.69, 9.17) is 0 Å². The van der Waals surface area contributed by atoms with E-state index < -0.39 is 6.10 Å². The van der Waals surface area contributed by atoms with Crippen molar-refractivity contribution in [2.24, 2.45) is 0 Å². The van der Waals surface area contributed by atoms with Gasteiger partial charge in [-0.25, -0.2) is 0 Å². The first-order valence-corrected chi connectivity index (χ1v) is 8.72. The fraction of sp³-hybridized carbons (Fsp3) is 0.0400. The molecule has 0 saturated heterocycles. The van der Waals surface area contributed by atoms with Gasteiger partial charge in [-0.3, -0.25) is 0 Å². The summed E-state index contributed by atoms with van der Waals surface area (Å²) in [6.45, 7) is 0. The fourth-order valence-corrected chi connectivity index (χ4v) is 3.73. The zero-order valence-electron chi connectivity index (χ0n) is 14.1. The van der Waals surface area contributed by atoms with E-state index in [1.54, 1.807) is 0 Å². The standard InChI is InChI=1S/C25H16O/c26-23(17-6-2-1-3-7-17)15-14-20-16-21-10-4-8-18-12-13-19-9-5-11-22(20)25(19)24(18)21/h1-13,16,23,26H. The Balaban J connectivity index is 1.75. The summed E-state index contributed by atoms with van der Waals surface area (Å²) < 4.78 is 0. The maximum atomic E-state index is 10.4. The molecule has 1 unspecified atom stereocenters. The highest BCUT2D eigenvalue weighted by molar-refractivity contribution is 6.24. The maximum absolute atomic E-state index is 10.4. The molecule has 1 N–H and O–H groups in total. The van der Waals surface area contributed by atoms with E-state index in [1.165, 1.54) is 26.9 Å². The number of aliphatic hydroxyl groups is 1. The monoisotopic (exact) mass is 332 g/mol. The van der Waals surface area contributed by atoms with Crippen LogP contribution in [0.3, 0.4) is 0 Å². The molecule has 122 valence electrons. The predicted octanol–water partition coefficient (Wildman–Crippen LogP) is 5.67. The van der Waals surface area contributed by atoms with Gasteiger partial charge in [0.15, 0.2) is 0 Å². The third-order valence-electron chi connectivity index (χ3n) is 4.97. The zero-order valence-corrected chi connectivity index (χ0v) is 14.1. The molecule has 0 radical (unpaired) electrons. The SMILES string of the molecule is OC(C#Cc1cc2cccc3ccc4cccc1c4c32)c1ccccc1. The van der Waals surface area contributed by atoms with Crippen LogP contribution in [0.15, 0.2) is 84.9 Å². The van der Waals surface area contributed by atoms with Crippen molar-refractivity contribution >= 4 is 32.3 Å². The van der Waals surface area contributed by atoms with E-state index in [1.807, 2.05) is 30.3 Å². The lowest BCUT2D eigenvalue weighted by atomic mass is 9.91. The maximum Gasteiger partial charge on any atom is 0.140 e. The quantitative estimate of drug-likeness (QED) is 0.310. The van der Waals surface area contributed by atoms with Gasteiger partial charge in [0.25, 0.3) is 0 Å². The van der Waals surface area contributed by atoms with Gasteiger partial charge in [0.1, 0.15) is 6.10 Å². The summed E-state index contributed by atoms with van der Waals surface area (Å²) in [6.07, 6.45) is -0.788. The minimum atomic E-state index is -0.788. The average Bonchev–Trinajstić information content (AvgIpc) is 2.71. The lowest BCUT2D eigenvalue weighted by Crippen LogP contribution is -1.93. The second kappa shape index (κ2) is 5.88. The van der Waals surface area contributed by atoms with Crippen molar-refractivity contribution in [1.82, 2.24) is 0 Å². The van der Waals surface area contributed by atoms with Crippen LogP contribution < -0.4 is 0 Å². The first-order chi connectivity index (χ1) is 12.8. The molecule has 0 bridgehead atoms. The predicted molar refractivity (Wildman–Crippen MR) is 108 cm³/mol. The Hall–Kier alpha value is -3.34. The van der Waals surface area contributed by atoms with Crippen molar-refractivity contribution in [3.63, 3.8) is 0 Å². The summed E-state index contributed by atoms with van der Waals surface area (Å²) in [5.41, 5.74) is 1.77. The summed E-state index contributed by atoms with van der Waals surface area (Å²) in [5.74, 6) is 6.24. The molecule has 0 heterocycles. The number of hydrogen-bond acceptors (Lipinski definition) is 1. The van der Waals surface area contributed by atoms with Gasteiger partial charge in [-0.15, -0.1) is 0 Å². The normalized spacial score (nSPS) is 12.3. The molecular weight excluding hydrogens is 316 g/mol. The minimum absolute atomic E-state index is 0.788. The van der Waals surface area contributed by atoms with Gasteiger partial charge in [0.2, 0.25) is 0 Å². The number of aliphatic hydroxyl groups excluding tert-OH is 1. The van der Waals surface area contributed by atoms with E-state index >= 15 is 0 Å². The third-order valence-corrected chi connectivity index (χ3v) is 4.97. The number of benzene rings is 5. The Morgan fingerprint density at radius 1 is 0.654 bits per heavy atom. The molecule has 1 atom stereocenters. The van der Waals surface area contributed by atoms with Crippen molar-refractivity contribution in [3.8, 4) is 11.8 Å². The van der Waals surface area contributed by atoms with Crippen LogP contribution in [-0.2, 0) is 0 Å². The zero-order chi connectivity index (χ0) is 17.5. The van der Waals surface area contributed by atoms with Crippen LogP contribution in [0.4, 0.5) is 0 Å². The number of hydrogen-bond donors (Lipinski definition) is 1. The first-order valence-electron chi connectivity index (χ1n) is 8.72. The van der Waals surface area contributed by atoms with Crippen molar-refractivity contribution in [2.75, 3.05) is 0 Å². The molecular formula is C25H16O. The van der Waals surface area contributed by atoms with Crippen molar-refractivity contribution < 1.29 is 5.11 Å². The largest absolute Gasteiger partial charge is 0.376 e. The van der Waals surface area contributed by atoms with Crippen LogP contribution in [0.1, 0.15) is 17.2 Å². The van der Waals surface area contributed by atoms with Crippen molar-refractivity contribution in [3.05, 3.63) is 96.1 Å². The highest BCUT2D eigenvalue weighted by Gasteiger charge is 2.10. The van der Waals surface area contributed by atoms with E-state index in [0.29, 0.717) is 0 Å². The highest BCUT2D eigenvalue weighted by Crippen LogP contribution is 2.36. The summed E-state index contributed by atoms with van der Waals surface area (Å²) in [4.78, 5) is 0. The van der Waals surface area contributed by atoms with Crippen molar-refractivity contribution in [2.45, 2.75) is 6.10 Å². The van der Waals surface area contributed by atoms with E-state index in [2.05, 4.69) is 66.4 Å². The molecule has 0 aliphatic carbocycles. The lowest BCUT2D eigenvalue weighted by Gasteiger charge is -2.12. The molecule has 1 nitrogen and oxygen atoms in total. The number of rotatable bonds is 1. The highest BCUT2D eigenvalue weighted by atomic mass is 16.3. The van der Waals surface area contributed by atoms with Gasteiger partial charge in [0, 0.05) is 5.56 Å². The van der Waals surface area contributed by atoms with Crippen LogP contribution in [0, 0.1) is 11.8 Å². The Bertz CT molecular complexity index is 1290. The molecule has 0 aromatic heterocycles. The van der Waals surface area contributed by atoms with Crippen LogP contribution in [0.2, 0.25) is 0 Å². The molecule has 1 heteroatoms. The van der Waals surface area contributed by atoms with E-state index in [-0.39, 0.29) is 0 Å². The van der Waals surface area contributed by atoms with E-state index in [0.717, 1.165) is 16.5 Å². The molecule has 0 spiro atoms. The molecule has 5 aromatic carbocycles. The summed E-state index contributed by atoms with van der Waals surface area (Å²) in [6, 6.07) is 28.7. The topological polar surface area (TPSA) is 20.2 Å². The van der Waals surface area contributed by atoms with Crippen LogP contribution in [-0.4, -0.2) is 5.11 Å². The van der Waals surface area contributed by atoms with Crippen LogP contribution in [0.5, 0.6) is 0 Å². The fourth-order valence-electron chi connectivity index (χ4n) is 3.73. The summed E-state index contributed by atoms with van der Waals surface area (Å²) >= 11 is 0. The molecule has 5 rings (SSSR count). The second-order valence-electron chi connectivity index (χ2n) is 6.56. The van der Waals surface area contributed by atoms with Gasteiger partial charge in [-0.05, 0) is 43.9 Å². The Labute approximate surface area is 151 Å². The van der Waals surface area contributed by atoms with Gasteiger partial charge >= 0.3 is 0 Å². The van der Waals surface area contributed by atoms with Crippen molar-refractivity contribution in [1.29, 1.82) is 0 Å². The Morgan fingerprint density at radius 2 is 1.35 bits per heavy atom. The van der Waals surface area contributed by atoms with Crippen LogP contribution in [0.25, 0.3) is 32.3 Å². The second-order valence-corrected chi connectivity index (χ2v) is 6.56. The average molecular weight is 332 g/mol. The van der Waals surface area contributed by atoms with Gasteiger partial charge in [-0.1, -0.05) is 90.7 Å². The molecule has 5 aromatic rings. The van der Waals surface area contributed by atoms with Crippen LogP contribution >= 0.6 is 0 Å². The third kappa shape index (κ3) is 2.32. The minimum Gasteiger partial charge on any atom is -0.376 e. The molecule has 0 aliphatic rings. The summed E-state index contributed by atoms with van der Waals surface area (Å²) in [7, 11) is 0. The Kier molecular flexibility index (Phi) is 3.38. The molecule has 0 amide bonds. The molecule has 26 heavy (non-hydrogen) atoms. The summed E-state index contributed by atoms with van der Waals surface area (Å²) in [5, 5.41) is 17.7. The van der Waals surface area contributed by atoms with Gasteiger partial charge in [-0.2, -0.15) is 0 Å². The molecule has 0 fully saturated rings. The lowest BCUT2D eigenvalue weighted by molar-refractivity contribution is 0.238. The van der Waals surface area contributed by atoms with E-state index in [9.17, 15) is 5.11 Å². The Morgan fingerprint density at radius 3 is 2.15 bits per heavy atom. The smallest absolute Gasteiger partial charge is 0.140 e. The molecule has 0 aliphatic heterocycles. The first kappa shape index (κ1) is 15.0. The molecule has 0 saturated carbocycles. The van der Waals surface area contributed by atoms with Gasteiger partial charge in [0.05, 0.1) is 0 Å².